The summed E-state index contributed by atoms with van der Waals surface area (Å²) in [6.45, 7) is -5.12. The summed E-state index contributed by atoms with van der Waals surface area (Å²) in [7, 11) is 0. The number of hydrogen-bond acceptors (Lipinski definition) is 5. The standard InChI is InChI=1S/C23H28FN5O/c1-14-4-5-20(24)15(2)22(14)16(3)30-21-10-17(11-27-23(21)25)18-12-28-29(13-18)19-6-8-26-9-7-19/h4-5,10-13,16,19,26H,6-9H2,1-3H3,(H2,25,27)/t16-/m1/s1/i1D3,2D3,6D2,7D2,11D,19D. The third kappa shape index (κ3) is 4.03. The minimum Gasteiger partial charge on any atom is -0.482 e. The number of piperidine rings is 1. The van der Waals surface area contributed by atoms with Crippen LogP contribution in [0.3, 0.4) is 0 Å². The van der Waals surface area contributed by atoms with Gasteiger partial charge < -0.3 is 15.8 Å². The fourth-order valence-electron chi connectivity index (χ4n) is 3.08. The number of pyridine rings is 1. The number of halogens is 1. The van der Waals surface area contributed by atoms with E-state index in [0.717, 1.165) is 16.8 Å². The number of hydrogen-bond donors (Lipinski definition) is 2. The summed E-state index contributed by atoms with van der Waals surface area (Å²) in [5.41, 5.74) is 4.48. The Kier molecular flexibility index (Phi) is 2.92. The van der Waals surface area contributed by atoms with Crippen LogP contribution < -0.4 is 15.8 Å². The summed E-state index contributed by atoms with van der Waals surface area (Å²) in [6.07, 6.45) is -4.12. The topological polar surface area (TPSA) is 78.0 Å². The monoisotopic (exact) mass is 421 g/mol. The van der Waals surface area contributed by atoms with E-state index in [1.165, 1.54) is 25.4 Å². The predicted molar refractivity (Wildman–Crippen MR) is 116 cm³/mol. The van der Waals surface area contributed by atoms with Crippen LogP contribution in [0.15, 0.2) is 36.8 Å². The molecule has 1 aliphatic heterocycles. The molecular weight excluding hydrogens is 381 g/mol. The maximum atomic E-state index is 14.8. The molecule has 1 atom stereocenters. The molecular formula is C23H28FN5O. The van der Waals surface area contributed by atoms with Crippen molar-refractivity contribution in [1.29, 1.82) is 0 Å². The lowest BCUT2D eigenvalue weighted by Gasteiger charge is -2.22. The van der Waals surface area contributed by atoms with Gasteiger partial charge >= 0.3 is 0 Å². The number of nitrogens with one attached hydrogen (secondary N) is 1. The van der Waals surface area contributed by atoms with Gasteiger partial charge in [0.2, 0.25) is 0 Å². The Bertz CT molecular complexity index is 1490. The third-order valence-corrected chi connectivity index (χ3v) is 4.61. The van der Waals surface area contributed by atoms with Gasteiger partial charge in [0.1, 0.15) is 11.9 Å². The lowest BCUT2D eigenvalue weighted by Crippen LogP contribution is -2.29. The largest absolute Gasteiger partial charge is 0.482 e. The van der Waals surface area contributed by atoms with Crippen molar-refractivity contribution in [2.75, 3.05) is 18.8 Å². The molecule has 0 bridgehead atoms. The van der Waals surface area contributed by atoms with E-state index >= 15 is 0 Å². The second-order valence-corrected chi connectivity index (χ2v) is 6.65. The SMILES string of the molecule is [2H]c1nc(N)c(O[C@H](C)c2c(C([2H])([2H])[2H])ccc(F)c2C([2H])([2H])[2H])cc1-c1cnn(C2([2H])C([2H])([2H])CNCC2([2H])[2H])c1. The lowest BCUT2D eigenvalue weighted by atomic mass is 9.98. The molecule has 1 fully saturated rings. The van der Waals surface area contributed by atoms with Gasteiger partial charge in [0, 0.05) is 42.8 Å². The Hall–Kier alpha value is -2.93. The highest BCUT2D eigenvalue weighted by Gasteiger charge is 2.19. The second-order valence-electron chi connectivity index (χ2n) is 6.65. The van der Waals surface area contributed by atoms with Crippen LogP contribution in [0.1, 0.15) is 64.9 Å². The molecule has 0 saturated carbocycles. The molecule has 1 aromatic carbocycles. The van der Waals surface area contributed by atoms with E-state index in [-0.39, 0.29) is 42.0 Å². The molecule has 0 radical (unpaired) electrons. The van der Waals surface area contributed by atoms with Crippen LogP contribution in [-0.2, 0) is 0 Å². The highest BCUT2D eigenvalue weighted by atomic mass is 19.1. The van der Waals surface area contributed by atoms with Crippen molar-refractivity contribution in [2.24, 2.45) is 0 Å². The first kappa shape index (κ1) is 10.4. The van der Waals surface area contributed by atoms with Gasteiger partial charge in [-0.25, -0.2) is 9.37 Å². The molecule has 4 rings (SSSR count). The van der Waals surface area contributed by atoms with Crippen molar-refractivity contribution < 1.29 is 25.6 Å². The zero-order valence-electron chi connectivity index (χ0n) is 28.1. The van der Waals surface area contributed by atoms with Crippen LogP contribution in [0.5, 0.6) is 5.75 Å². The maximum absolute atomic E-state index is 14.8. The van der Waals surface area contributed by atoms with Gasteiger partial charge in [-0.2, -0.15) is 5.10 Å². The number of rotatable bonds is 5. The highest BCUT2D eigenvalue weighted by molar-refractivity contribution is 5.66. The number of aryl methyl sites for hydroxylation is 1. The molecule has 30 heavy (non-hydrogen) atoms. The van der Waals surface area contributed by atoms with E-state index in [1.54, 1.807) is 0 Å². The molecule has 0 spiro atoms. The third-order valence-electron chi connectivity index (χ3n) is 4.61. The van der Waals surface area contributed by atoms with Crippen molar-refractivity contribution in [1.82, 2.24) is 20.1 Å². The fourth-order valence-corrected chi connectivity index (χ4v) is 3.08. The Morgan fingerprint density at radius 3 is 3.00 bits per heavy atom. The van der Waals surface area contributed by atoms with Crippen LogP contribution in [-0.4, -0.2) is 27.9 Å². The van der Waals surface area contributed by atoms with E-state index in [1.807, 2.05) is 0 Å². The van der Waals surface area contributed by atoms with Crippen molar-refractivity contribution in [3.63, 3.8) is 0 Å². The number of benzene rings is 1. The Morgan fingerprint density at radius 2 is 2.23 bits per heavy atom. The van der Waals surface area contributed by atoms with E-state index in [9.17, 15) is 4.39 Å². The van der Waals surface area contributed by atoms with Crippen LogP contribution >= 0.6 is 0 Å². The summed E-state index contributed by atoms with van der Waals surface area (Å²) in [6, 6.07) is 0.506. The first-order valence-electron chi connectivity index (χ1n) is 15.2. The minimum atomic E-state index is -3.02. The van der Waals surface area contributed by atoms with Gasteiger partial charge in [0.25, 0.3) is 0 Å². The molecule has 6 nitrogen and oxygen atoms in total. The fraction of sp³-hybridized carbons (Fsp3) is 0.391. The first-order valence-corrected chi connectivity index (χ1v) is 9.15. The average Bonchev–Trinajstić information content (AvgIpc) is 3.32. The maximum Gasteiger partial charge on any atom is 0.166 e. The molecule has 1 aliphatic rings. The van der Waals surface area contributed by atoms with Crippen LogP contribution in [0.4, 0.5) is 10.2 Å². The Balaban J connectivity index is 1.79. The van der Waals surface area contributed by atoms with Gasteiger partial charge in [-0.15, -0.1) is 0 Å². The zero-order chi connectivity index (χ0) is 31.6. The summed E-state index contributed by atoms with van der Waals surface area (Å²) in [5, 5.41) is 6.68. The van der Waals surface area contributed by atoms with Crippen LogP contribution in [0.25, 0.3) is 11.1 Å². The molecule has 3 heterocycles. The second kappa shape index (κ2) is 8.44. The molecule has 2 aromatic heterocycles. The number of anilines is 1. The summed E-state index contributed by atoms with van der Waals surface area (Å²) < 4.78 is 119. The van der Waals surface area contributed by atoms with Gasteiger partial charge in [-0.3, -0.25) is 4.68 Å². The van der Waals surface area contributed by atoms with E-state index < -0.39 is 61.1 Å². The highest BCUT2D eigenvalue weighted by Crippen LogP contribution is 2.33. The lowest BCUT2D eigenvalue weighted by molar-refractivity contribution is 0.225. The number of ether oxygens (including phenoxy) is 1. The van der Waals surface area contributed by atoms with Gasteiger partial charge in [-0.05, 0) is 69.7 Å². The summed E-state index contributed by atoms with van der Waals surface area (Å²) >= 11 is 0. The van der Waals surface area contributed by atoms with E-state index in [2.05, 4.69) is 15.4 Å². The molecule has 1 saturated heterocycles. The molecule has 3 aromatic rings. The first-order chi connectivity index (χ1) is 19.1. The van der Waals surface area contributed by atoms with Crippen molar-refractivity contribution >= 4 is 5.82 Å². The van der Waals surface area contributed by atoms with E-state index in [4.69, 9.17) is 26.9 Å². The number of aromatic nitrogens is 3. The zero-order valence-corrected chi connectivity index (χ0v) is 16.1. The number of nitrogens with two attached hydrogens (primary N) is 1. The van der Waals surface area contributed by atoms with Gasteiger partial charge in [0.15, 0.2) is 11.6 Å². The number of nitrogens with zero attached hydrogens (tertiary/aromatic N) is 3. The van der Waals surface area contributed by atoms with Crippen molar-refractivity contribution in [3.8, 4) is 16.9 Å². The quantitative estimate of drug-likeness (QED) is 0.640. The summed E-state index contributed by atoms with van der Waals surface area (Å²) in [5.74, 6) is -1.66. The van der Waals surface area contributed by atoms with Crippen molar-refractivity contribution in [3.05, 3.63) is 59.3 Å². The molecule has 0 aliphatic carbocycles. The average molecular weight is 422 g/mol. The summed E-state index contributed by atoms with van der Waals surface area (Å²) in [4.78, 5) is 3.93. The minimum absolute atomic E-state index is 0.0302. The predicted octanol–water partition coefficient (Wildman–Crippen LogP) is 4.35. The van der Waals surface area contributed by atoms with Crippen LogP contribution in [0, 0.1) is 19.5 Å². The van der Waals surface area contributed by atoms with Crippen LogP contribution in [0.2, 0.25) is 0 Å². The molecule has 3 N–H and O–H groups in total. The smallest absolute Gasteiger partial charge is 0.166 e. The normalized spacial score (nSPS) is 27.0. The molecule has 0 amide bonds. The molecule has 0 unspecified atom stereocenters. The molecule has 7 heteroatoms. The Morgan fingerprint density at radius 1 is 1.40 bits per heavy atom. The van der Waals surface area contributed by atoms with Crippen molar-refractivity contribution in [2.45, 2.75) is 45.5 Å². The van der Waals surface area contributed by atoms with Gasteiger partial charge in [0.05, 0.1) is 15.0 Å². The van der Waals surface area contributed by atoms with E-state index in [0.29, 0.717) is 0 Å². The molecule has 158 valence electrons. The number of nitrogen functional groups attached to an aromatic ring is 1. The Labute approximate surface area is 193 Å². The van der Waals surface area contributed by atoms with Gasteiger partial charge in [-0.1, -0.05) is 6.07 Å².